The fraction of sp³-hybridized carbons (Fsp3) is 0.875. The predicted octanol–water partition coefficient (Wildman–Crippen LogP) is 0.982. The maximum Gasteiger partial charge on any atom is 0.407 e. The van der Waals surface area contributed by atoms with Crippen molar-refractivity contribution in [2.75, 3.05) is 39.3 Å². The lowest BCUT2D eigenvalue weighted by atomic mass is 10.3. The molecule has 0 saturated carbocycles. The molecule has 84 valence electrons. The van der Waals surface area contributed by atoms with Crippen LogP contribution >= 0.6 is 0 Å². The lowest BCUT2D eigenvalue weighted by Gasteiger charge is -2.32. The third-order valence-corrected chi connectivity index (χ3v) is 2.44. The molecule has 0 atom stereocenters. The summed E-state index contributed by atoms with van der Waals surface area (Å²) in [5, 5.41) is 12.2. The molecular weight excluding hydrogens is 198 g/mol. The molecule has 1 aliphatic rings. The quantitative estimate of drug-likeness (QED) is 0.326. The van der Waals surface area contributed by atoms with E-state index in [1.807, 2.05) is 0 Å². The van der Waals surface area contributed by atoms with Crippen molar-refractivity contribution in [2.45, 2.75) is 6.42 Å². The standard InChI is InChI=1S/C8H15N5O2/c9-11-10-2-1-3-12-4-6-13(7-5-12)8(14)15/h1-7H2,(H,14,15). The van der Waals surface area contributed by atoms with Gasteiger partial charge in [-0.3, -0.25) is 4.90 Å². The van der Waals surface area contributed by atoms with Gasteiger partial charge in [0.25, 0.3) is 0 Å². The van der Waals surface area contributed by atoms with Crippen molar-refractivity contribution in [3.63, 3.8) is 0 Å². The zero-order chi connectivity index (χ0) is 11.1. The van der Waals surface area contributed by atoms with Gasteiger partial charge in [0.05, 0.1) is 0 Å². The smallest absolute Gasteiger partial charge is 0.407 e. The number of azide groups is 1. The first-order valence-corrected chi connectivity index (χ1v) is 4.95. The number of amides is 1. The van der Waals surface area contributed by atoms with E-state index in [1.54, 1.807) is 0 Å². The molecule has 7 heteroatoms. The Morgan fingerprint density at radius 1 is 1.40 bits per heavy atom. The number of piperazine rings is 1. The highest BCUT2D eigenvalue weighted by Gasteiger charge is 2.19. The molecule has 0 aromatic heterocycles. The van der Waals surface area contributed by atoms with Gasteiger partial charge in [-0.05, 0) is 18.5 Å². The van der Waals surface area contributed by atoms with E-state index in [0.29, 0.717) is 19.6 Å². The number of nitrogens with zero attached hydrogens (tertiary/aromatic N) is 5. The van der Waals surface area contributed by atoms with Crippen LogP contribution in [0, 0.1) is 0 Å². The van der Waals surface area contributed by atoms with Gasteiger partial charge in [0.15, 0.2) is 0 Å². The Morgan fingerprint density at radius 2 is 2.07 bits per heavy atom. The van der Waals surface area contributed by atoms with Gasteiger partial charge in [-0.2, -0.15) is 0 Å². The van der Waals surface area contributed by atoms with Crippen LogP contribution in [0.25, 0.3) is 10.4 Å². The topological polar surface area (TPSA) is 92.5 Å². The Labute approximate surface area is 87.9 Å². The van der Waals surface area contributed by atoms with E-state index >= 15 is 0 Å². The molecule has 15 heavy (non-hydrogen) atoms. The Hall–Kier alpha value is -1.46. The maximum absolute atomic E-state index is 10.6. The van der Waals surface area contributed by atoms with Gasteiger partial charge in [0.1, 0.15) is 0 Å². The van der Waals surface area contributed by atoms with E-state index in [2.05, 4.69) is 14.9 Å². The van der Waals surface area contributed by atoms with Crippen LogP contribution in [-0.4, -0.2) is 60.3 Å². The molecule has 1 rings (SSSR count). The minimum atomic E-state index is -0.844. The molecule has 1 N–H and O–H groups in total. The fourth-order valence-electron chi connectivity index (χ4n) is 1.57. The molecule has 1 amide bonds. The molecule has 0 aromatic rings. The Bertz CT molecular complexity index is 253. The first-order chi connectivity index (χ1) is 7.24. The minimum absolute atomic E-state index is 0.510. The Kier molecular flexibility index (Phi) is 4.73. The van der Waals surface area contributed by atoms with Crippen LogP contribution in [0.15, 0.2) is 5.11 Å². The number of carboxylic acid groups (broad SMARTS) is 1. The fourth-order valence-corrected chi connectivity index (χ4v) is 1.57. The summed E-state index contributed by atoms with van der Waals surface area (Å²) in [7, 11) is 0. The van der Waals surface area contributed by atoms with Gasteiger partial charge in [0, 0.05) is 37.6 Å². The normalized spacial score (nSPS) is 17.2. The number of hydrogen-bond donors (Lipinski definition) is 1. The van der Waals surface area contributed by atoms with Gasteiger partial charge in [-0.15, -0.1) is 0 Å². The average molecular weight is 213 g/mol. The van der Waals surface area contributed by atoms with Gasteiger partial charge >= 0.3 is 6.09 Å². The monoisotopic (exact) mass is 213 g/mol. The van der Waals surface area contributed by atoms with Crippen molar-refractivity contribution in [2.24, 2.45) is 5.11 Å². The van der Waals surface area contributed by atoms with E-state index in [4.69, 9.17) is 10.6 Å². The third-order valence-electron chi connectivity index (χ3n) is 2.44. The van der Waals surface area contributed by atoms with Crippen LogP contribution in [-0.2, 0) is 0 Å². The second-order valence-corrected chi connectivity index (χ2v) is 3.42. The van der Waals surface area contributed by atoms with Gasteiger partial charge < -0.3 is 10.0 Å². The summed E-state index contributed by atoms with van der Waals surface area (Å²) < 4.78 is 0. The third kappa shape index (κ3) is 4.05. The van der Waals surface area contributed by atoms with Crippen molar-refractivity contribution in [1.82, 2.24) is 9.80 Å². The second kappa shape index (κ2) is 6.10. The summed E-state index contributed by atoms with van der Waals surface area (Å²) in [5.41, 5.74) is 8.07. The molecule has 1 aliphatic heterocycles. The number of hydrogen-bond acceptors (Lipinski definition) is 3. The molecule has 0 spiro atoms. The predicted molar refractivity (Wildman–Crippen MR) is 54.7 cm³/mol. The summed E-state index contributed by atoms with van der Waals surface area (Å²) in [6.07, 6.45) is -0.0133. The lowest BCUT2D eigenvalue weighted by Crippen LogP contribution is -2.48. The van der Waals surface area contributed by atoms with E-state index in [0.717, 1.165) is 26.1 Å². The maximum atomic E-state index is 10.6. The van der Waals surface area contributed by atoms with Crippen LogP contribution < -0.4 is 0 Å². The van der Waals surface area contributed by atoms with E-state index in [-0.39, 0.29) is 0 Å². The average Bonchev–Trinajstić information content (AvgIpc) is 2.25. The highest BCUT2D eigenvalue weighted by atomic mass is 16.4. The minimum Gasteiger partial charge on any atom is -0.465 e. The van der Waals surface area contributed by atoms with Crippen molar-refractivity contribution >= 4 is 6.09 Å². The second-order valence-electron chi connectivity index (χ2n) is 3.42. The molecule has 1 heterocycles. The molecule has 1 saturated heterocycles. The SMILES string of the molecule is [N-]=[N+]=NCCCN1CCN(C(=O)O)CC1. The van der Waals surface area contributed by atoms with Crippen molar-refractivity contribution < 1.29 is 9.90 Å². The summed E-state index contributed by atoms with van der Waals surface area (Å²) >= 11 is 0. The van der Waals surface area contributed by atoms with Crippen molar-refractivity contribution in [3.05, 3.63) is 10.4 Å². The first kappa shape index (κ1) is 11.6. The summed E-state index contributed by atoms with van der Waals surface area (Å²) in [6.45, 7) is 4.04. The molecule has 0 bridgehead atoms. The largest absolute Gasteiger partial charge is 0.465 e. The van der Waals surface area contributed by atoms with Crippen molar-refractivity contribution in [1.29, 1.82) is 0 Å². The Morgan fingerprint density at radius 3 is 2.60 bits per heavy atom. The summed E-state index contributed by atoms with van der Waals surface area (Å²) in [6, 6.07) is 0. The summed E-state index contributed by atoms with van der Waals surface area (Å²) in [5.74, 6) is 0. The molecular formula is C8H15N5O2. The van der Waals surface area contributed by atoms with Crippen LogP contribution in [0.2, 0.25) is 0 Å². The van der Waals surface area contributed by atoms with Crippen LogP contribution in [0.1, 0.15) is 6.42 Å². The Balaban J connectivity index is 2.14. The molecule has 0 aliphatic carbocycles. The lowest BCUT2D eigenvalue weighted by molar-refractivity contribution is 0.105. The molecule has 7 nitrogen and oxygen atoms in total. The molecule has 0 radical (unpaired) electrons. The highest BCUT2D eigenvalue weighted by molar-refractivity contribution is 5.65. The zero-order valence-corrected chi connectivity index (χ0v) is 8.54. The van der Waals surface area contributed by atoms with E-state index in [1.165, 1.54) is 4.90 Å². The van der Waals surface area contributed by atoms with Gasteiger partial charge in [0.2, 0.25) is 0 Å². The molecule has 0 unspecified atom stereocenters. The molecule has 1 fully saturated rings. The number of carbonyl (C=O) groups is 1. The van der Waals surface area contributed by atoms with Crippen molar-refractivity contribution in [3.8, 4) is 0 Å². The number of rotatable bonds is 4. The van der Waals surface area contributed by atoms with E-state index < -0.39 is 6.09 Å². The van der Waals surface area contributed by atoms with Crippen LogP contribution in [0.3, 0.4) is 0 Å². The van der Waals surface area contributed by atoms with Gasteiger partial charge in [-0.1, -0.05) is 5.11 Å². The van der Waals surface area contributed by atoms with Crippen LogP contribution in [0.5, 0.6) is 0 Å². The van der Waals surface area contributed by atoms with E-state index in [9.17, 15) is 4.79 Å². The first-order valence-electron chi connectivity index (χ1n) is 4.95. The molecule has 0 aromatic carbocycles. The zero-order valence-electron chi connectivity index (χ0n) is 8.54. The summed E-state index contributed by atoms with van der Waals surface area (Å²) in [4.78, 5) is 16.9. The highest BCUT2D eigenvalue weighted by Crippen LogP contribution is 2.02. The van der Waals surface area contributed by atoms with Crippen LogP contribution in [0.4, 0.5) is 4.79 Å². The van der Waals surface area contributed by atoms with Gasteiger partial charge in [-0.25, -0.2) is 4.79 Å².